The third kappa shape index (κ3) is 5.39. The highest BCUT2D eigenvalue weighted by Gasteiger charge is 2.48. The molecule has 0 fully saturated rings. The molecule has 0 unspecified atom stereocenters. The zero-order valence-corrected chi connectivity index (χ0v) is 22.0. The highest BCUT2D eigenvalue weighted by atomic mass is 28.3. The van der Waals surface area contributed by atoms with E-state index in [0.29, 0.717) is 5.54 Å². The van der Waals surface area contributed by atoms with Crippen LogP contribution in [0.5, 0.6) is 0 Å². The number of rotatable bonds is 12. The summed E-state index contributed by atoms with van der Waals surface area (Å²) >= 11 is 0. The molecule has 2 rings (SSSR count). The molecular weight excluding hydrogens is 376 g/mol. The zero-order valence-electron chi connectivity index (χ0n) is 21.0. The second-order valence-corrected chi connectivity index (χ2v) is 16.8. The predicted octanol–water partition coefficient (Wildman–Crippen LogP) is 9.85. The molecule has 1 aliphatic rings. The van der Waals surface area contributed by atoms with Crippen LogP contribution >= 0.6 is 0 Å². The van der Waals surface area contributed by atoms with Gasteiger partial charge in [0.25, 0.3) is 0 Å². The monoisotopic (exact) mass is 424 g/mol. The van der Waals surface area contributed by atoms with Crippen molar-refractivity contribution in [1.82, 2.24) is 0 Å². The fourth-order valence-electron chi connectivity index (χ4n) is 6.61. The maximum Gasteiger partial charge on any atom is 0.0724 e. The lowest BCUT2D eigenvalue weighted by Gasteiger charge is -2.49. The van der Waals surface area contributed by atoms with Crippen LogP contribution in [0.4, 0.5) is 0 Å². The Labute approximate surface area is 189 Å². The van der Waals surface area contributed by atoms with Crippen LogP contribution in [0, 0.1) is 0 Å². The van der Waals surface area contributed by atoms with Crippen molar-refractivity contribution in [3.8, 4) is 0 Å². The lowest BCUT2D eigenvalue weighted by atomic mass is 9.74. The first-order valence-corrected chi connectivity index (χ1v) is 15.1. The molecule has 1 heteroatoms. The molecule has 30 heavy (non-hydrogen) atoms. The molecule has 0 N–H and O–H groups in total. The second-order valence-electron chi connectivity index (χ2n) is 10.6. The topological polar surface area (TPSA) is 0 Å². The van der Waals surface area contributed by atoms with Gasteiger partial charge < -0.3 is 0 Å². The molecule has 0 atom stereocenters. The Bertz CT molecular complexity index is 629. The average molecular weight is 425 g/mol. The third-order valence-electron chi connectivity index (χ3n) is 8.03. The highest BCUT2D eigenvalue weighted by molar-refractivity contribution is 6.85. The molecule has 1 aromatic rings. The molecule has 0 saturated heterocycles. The van der Waals surface area contributed by atoms with Crippen molar-refractivity contribution in [2.75, 3.05) is 0 Å². The molecule has 0 aliphatic heterocycles. The normalized spacial score (nSPS) is 21.9. The second kappa shape index (κ2) is 11.5. The largest absolute Gasteiger partial charge is 0.0831 e. The van der Waals surface area contributed by atoms with E-state index in [2.05, 4.69) is 103 Å². The Morgan fingerprint density at radius 3 is 1.73 bits per heavy atom. The van der Waals surface area contributed by atoms with Crippen LogP contribution < -0.4 is 0 Å². The summed E-state index contributed by atoms with van der Waals surface area (Å²) in [6, 6.07) is 11.2. The average Bonchev–Trinajstić information content (AvgIpc) is 2.72. The van der Waals surface area contributed by atoms with E-state index in [9.17, 15) is 0 Å². The molecule has 1 aromatic carbocycles. The molecule has 0 bridgehead atoms. The Balaban J connectivity index is 2.27. The van der Waals surface area contributed by atoms with Crippen molar-refractivity contribution in [3.05, 3.63) is 60.2 Å². The van der Waals surface area contributed by atoms with Crippen LogP contribution in [-0.2, 0) is 5.41 Å². The minimum Gasteiger partial charge on any atom is -0.0831 e. The predicted molar refractivity (Wildman–Crippen MR) is 139 cm³/mol. The van der Waals surface area contributed by atoms with Crippen molar-refractivity contribution in [3.63, 3.8) is 0 Å². The fraction of sp³-hybridized carbons (Fsp3) is 0.655. The molecule has 0 heterocycles. The van der Waals surface area contributed by atoms with Gasteiger partial charge in [0.1, 0.15) is 0 Å². The van der Waals surface area contributed by atoms with Crippen LogP contribution in [-0.4, -0.2) is 8.07 Å². The van der Waals surface area contributed by atoms with Gasteiger partial charge in [-0.2, -0.15) is 0 Å². The summed E-state index contributed by atoms with van der Waals surface area (Å²) in [6.45, 7) is 17.2. The van der Waals surface area contributed by atoms with Crippen LogP contribution in [0.25, 0.3) is 0 Å². The summed E-state index contributed by atoms with van der Waals surface area (Å²) in [6.07, 6.45) is 19.9. The minimum absolute atomic E-state index is 0.0909. The lowest BCUT2D eigenvalue weighted by molar-refractivity contribution is 0.517. The van der Waals surface area contributed by atoms with E-state index in [0.717, 1.165) is 16.6 Å². The van der Waals surface area contributed by atoms with Gasteiger partial charge >= 0.3 is 0 Å². The summed E-state index contributed by atoms with van der Waals surface area (Å²) in [4.78, 5) is 0. The maximum absolute atomic E-state index is 2.64. The van der Waals surface area contributed by atoms with E-state index in [1.54, 1.807) is 0 Å². The van der Waals surface area contributed by atoms with Gasteiger partial charge in [-0.15, -0.1) is 0 Å². The van der Waals surface area contributed by atoms with E-state index >= 15 is 0 Å². The van der Waals surface area contributed by atoms with Crippen molar-refractivity contribution >= 4 is 8.07 Å². The van der Waals surface area contributed by atoms with Gasteiger partial charge in [0, 0.05) is 5.41 Å². The van der Waals surface area contributed by atoms with E-state index in [-0.39, 0.29) is 5.41 Å². The Morgan fingerprint density at radius 2 is 1.23 bits per heavy atom. The van der Waals surface area contributed by atoms with Crippen molar-refractivity contribution in [2.24, 2.45) is 0 Å². The molecule has 0 saturated carbocycles. The summed E-state index contributed by atoms with van der Waals surface area (Å²) in [5.74, 6) is 0. The zero-order chi connectivity index (χ0) is 22.2. The standard InChI is InChI=1S/C29H48Si/c1-8-9-10-11-12-16-21-29(27-17-14-13-15-18-27)22-19-28(20-23-29)30(24(2)3,25(4)5)26(6)7/h13-15,17-20,22-26,28H,8-12,16,21H2,1-7H3. The summed E-state index contributed by atoms with van der Waals surface area (Å²) < 4.78 is 0. The van der Waals surface area contributed by atoms with Crippen LogP contribution in [0.2, 0.25) is 22.2 Å². The number of hydrogen-bond donors (Lipinski definition) is 0. The Hall–Kier alpha value is -1.08. The highest BCUT2D eigenvalue weighted by Crippen LogP contribution is 2.52. The minimum atomic E-state index is -1.52. The van der Waals surface area contributed by atoms with E-state index in [1.807, 2.05) is 0 Å². The smallest absolute Gasteiger partial charge is 0.0724 e. The molecule has 0 amide bonds. The van der Waals surface area contributed by atoms with Gasteiger partial charge in [0.15, 0.2) is 0 Å². The molecule has 0 spiro atoms. The third-order valence-corrected chi connectivity index (χ3v) is 15.6. The van der Waals surface area contributed by atoms with Crippen molar-refractivity contribution in [2.45, 2.75) is 121 Å². The Kier molecular flexibility index (Phi) is 9.66. The van der Waals surface area contributed by atoms with Gasteiger partial charge in [0.05, 0.1) is 8.07 Å². The SMILES string of the molecule is CCCCCCCCC1(c2ccccc2)C=CC([Si](C(C)C)(C(C)C)C(C)C)C=C1. The van der Waals surface area contributed by atoms with Gasteiger partial charge in [-0.1, -0.05) is 142 Å². The first kappa shape index (κ1) is 25.2. The van der Waals surface area contributed by atoms with Crippen molar-refractivity contribution < 1.29 is 0 Å². The molecule has 168 valence electrons. The van der Waals surface area contributed by atoms with Crippen LogP contribution in [0.3, 0.4) is 0 Å². The summed E-state index contributed by atoms with van der Waals surface area (Å²) in [7, 11) is -1.52. The lowest BCUT2D eigenvalue weighted by Crippen LogP contribution is -2.48. The number of benzene rings is 1. The van der Waals surface area contributed by atoms with Crippen LogP contribution in [0.1, 0.15) is 99.0 Å². The first-order chi connectivity index (χ1) is 14.3. The van der Waals surface area contributed by atoms with Gasteiger partial charge in [-0.3, -0.25) is 0 Å². The van der Waals surface area contributed by atoms with E-state index in [1.165, 1.54) is 50.5 Å². The van der Waals surface area contributed by atoms with Crippen LogP contribution in [0.15, 0.2) is 54.6 Å². The summed E-state index contributed by atoms with van der Waals surface area (Å²) in [5.41, 5.74) is 4.58. The summed E-state index contributed by atoms with van der Waals surface area (Å²) in [5, 5.41) is 0. The number of unbranched alkanes of at least 4 members (excludes halogenated alkanes) is 5. The Morgan fingerprint density at radius 1 is 0.733 bits per heavy atom. The van der Waals surface area contributed by atoms with Gasteiger partial charge in [0.2, 0.25) is 0 Å². The molecule has 0 radical (unpaired) electrons. The molecule has 1 aliphatic carbocycles. The quantitative estimate of drug-likeness (QED) is 0.178. The van der Waals surface area contributed by atoms with Crippen molar-refractivity contribution in [1.29, 1.82) is 0 Å². The number of hydrogen-bond acceptors (Lipinski definition) is 0. The fourth-order valence-corrected chi connectivity index (χ4v) is 13.8. The molecular formula is C29H48Si. The van der Waals surface area contributed by atoms with E-state index < -0.39 is 8.07 Å². The maximum atomic E-state index is 2.64. The van der Waals surface area contributed by atoms with Gasteiger partial charge in [-0.05, 0) is 34.1 Å². The number of allylic oxidation sites excluding steroid dienone is 4. The van der Waals surface area contributed by atoms with Gasteiger partial charge in [-0.25, -0.2) is 0 Å². The molecule has 0 nitrogen and oxygen atoms in total. The first-order valence-electron chi connectivity index (χ1n) is 12.8. The van der Waals surface area contributed by atoms with E-state index in [4.69, 9.17) is 0 Å². The molecule has 0 aromatic heterocycles.